The smallest absolute Gasteiger partial charge is 0.246 e. The van der Waals surface area contributed by atoms with Gasteiger partial charge in [-0.25, -0.2) is 4.98 Å². The summed E-state index contributed by atoms with van der Waals surface area (Å²) >= 11 is 0. The lowest BCUT2D eigenvalue weighted by Gasteiger charge is -2.27. The second-order valence-corrected chi connectivity index (χ2v) is 7.56. The maximum atomic E-state index is 12.6. The van der Waals surface area contributed by atoms with Crippen LogP contribution in [-0.2, 0) is 22.6 Å². The molecular formula is C24H25N3O3. The molecule has 1 aliphatic rings. The fourth-order valence-electron chi connectivity index (χ4n) is 3.82. The molecule has 0 saturated heterocycles. The summed E-state index contributed by atoms with van der Waals surface area (Å²) in [6.45, 7) is 4.97. The monoisotopic (exact) mass is 403 g/mol. The molecule has 6 heteroatoms. The van der Waals surface area contributed by atoms with Crippen molar-refractivity contribution in [1.29, 1.82) is 0 Å². The number of hydrogen-bond donors (Lipinski definition) is 0. The molecule has 0 aliphatic carbocycles. The first-order chi connectivity index (χ1) is 14.5. The topological polar surface area (TPSA) is 66.7 Å². The van der Waals surface area contributed by atoms with Gasteiger partial charge in [-0.2, -0.15) is 0 Å². The fraction of sp³-hybridized carbons (Fsp3) is 0.292. The fourth-order valence-corrected chi connectivity index (χ4v) is 3.82. The van der Waals surface area contributed by atoms with E-state index in [-0.39, 0.29) is 11.8 Å². The number of anilines is 1. The Hall–Kier alpha value is -3.41. The molecule has 1 aliphatic heterocycles. The van der Waals surface area contributed by atoms with E-state index >= 15 is 0 Å². The van der Waals surface area contributed by atoms with Crippen molar-refractivity contribution >= 4 is 34.7 Å². The van der Waals surface area contributed by atoms with E-state index in [1.165, 1.54) is 0 Å². The molecule has 0 fully saturated rings. The molecule has 1 aromatic carbocycles. The van der Waals surface area contributed by atoms with E-state index < -0.39 is 0 Å². The van der Waals surface area contributed by atoms with E-state index in [0.29, 0.717) is 25.9 Å². The van der Waals surface area contributed by atoms with Crippen LogP contribution in [0.4, 0.5) is 5.82 Å². The van der Waals surface area contributed by atoms with Gasteiger partial charge in [-0.15, -0.1) is 0 Å². The van der Waals surface area contributed by atoms with Crippen LogP contribution in [0.15, 0.2) is 47.0 Å². The zero-order chi connectivity index (χ0) is 21.3. The summed E-state index contributed by atoms with van der Waals surface area (Å²) in [5.41, 5.74) is 3.78. The van der Waals surface area contributed by atoms with Crippen molar-refractivity contribution in [3.63, 3.8) is 0 Å². The summed E-state index contributed by atoms with van der Waals surface area (Å²) in [7, 11) is 1.76. The lowest BCUT2D eigenvalue weighted by molar-refractivity contribution is -0.125. The Morgan fingerprint density at radius 2 is 2.10 bits per heavy atom. The van der Waals surface area contributed by atoms with Gasteiger partial charge in [-0.05, 0) is 49.6 Å². The van der Waals surface area contributed by atoms with Crippen molar-refractivity contribution in [2.24, 2.45) is 0 Å². The first-order valence-electron chi connectivity index (χ1n) is 10.2. The van der Waals surface area contributed by atoms with E-state index in [9.17, 15) is 9.59 Å². The number of aromatic nitrogens is 1. The maximum absolute atomic E-state index is 12.6. The molecule has 3 aromatic rings. The third kappa shape index (κ3) is 3.73. The molecule has 0 saturated carbocycles. The molecular weight excluding hydrogens is 378 g/mol. The Morgan fingerprint density at radius 3 is 2.87 bits per heavy atom. The van der Waals surface area contributed by atoms with Crippen LogP contribution in [0.2, 0.25) is 0 Å². The van der Waals surface area contributed by atoms with Gasteiger partial charge in [0.05, 0.1) is 6.54 Å². The number of nitrogens with zero attached hydrogens (tertiary/aromatic N) is 3. The van der Waals surface area contributed by atoms with E-state index in [0.717, 1.165) is 39.2 Å². The Bertz CT molecular complexity index is 1150. The van der Waals surface area contributed by atoms with Crippen LogP contribution in [0.25, 0.3) is 17.0 Å². The van der Waals surface area contributed by atoms with E-state index in [2.05, 4.69) is 4.98 Å². The number of pyridine rings is 1. The zero-order valence-electron chi connectivity index (χ0n) is 17.5. The number of benzene rings is 1. The van der Waals surface area contributed by atoms with Gasteiger partial charge in [0.25, 0.3) is 0 Å². The largest absolute Gasteiger partial charge is 0.459 e. The third-order valence-electron chi connectivity index (χ3n) is 5.56. The lowest BCUT2D eigenvalue weighted by Crippen LogP contribution is -2.35. The average Bonchev–Trinajstić information content (AvgIpc) is 3.07. The molecule has 2 aromatic heterocycles. The number of carbonyl (C=O) groups excluding carboxylic acids is 2. The van der Waals surface area contributed by atoms with Crippen molar-refractivity contribution in [3.8, 4) is 0 Å². The van der Waals surface area contributed by atoms with Crippen molar-refractivity contribution in [1.82, 2.24) is 9.88 Å². The molecule has 0 N–H and O–H groups in total. The summed E-state index contributed by atoms with van der Waals surface area (Å²) in [5.74, 6) is 1.52. The van der Waals surface area contributed by atoms with Gasteiger partial charge in [0.15, 0.2) is 0 Å². The summed E-state index contributed by atoms with van der Waals surface area (Å²) in [4.78, 5) is 32.4. The number of amides is 2. The van der Waals surface area contributed by atoms with Crippen molar-refractivity contribution < 1.29 is 14.0 Å². The molecule has 0 atom stereocenters. The minimum atomic E-state index is -0.113. The summed E-state index contributed by atoms with van der Waals surface area (Å²) < 4.78 is 5.91. The molecule has 2 amide bonds. The predicted molar refractivity (Wildman–Crippen MR) is 117 cm³/mol. The zero-order valence-corrected chi connectivity index (χ0v) is 17.5. The summed E-state index contributed by atoms with van der Waals surface area (Å²) in [5, 5.41) is 1.07. The highest BCUT2D eigenvalue weighted by Crippen LogP contribution is 2.27. The van der Waals surface area contributed by atoms with Crippen LogP contribution in [0.5, 0.6) is 0 Å². The van der Waals surface area contributed by atoms with Crippen LogP contribution < -0.4 is 4.90 Å². The van der Waals surface area contributed by atoms with Crippen molar-refractivity contribution in [2.45, 2.75) is 33.2 Å². The number of rotatable bonds is 5. The van der Waals surface area contributed by atoms with Crippen LogP contribution in [-0.4, -0.2) is 35.3 Å². The number of carbonyl (C=O) groups is 2. The second kappa shape index (κ2) is 8.14. The van der Waals surface area contributed by atoms with Gasteiger partial charge in [-0.1, -0.05) is 18.2 Å². The molecule has 30 heavy (non-hydrogen) atoms. The van der Waals surface area contributed by atoms with Crippen molar-refractivity contribution in [2.75, 3.05) is 18.5 Å². The first-order valence-corrected chi connectivity index (χ1v) is 10.2. The normalized spacial score (nSPS) is 13.8. The van der Waals surface area contributed by atoms with Gasteiger partial charge in [0.2, 0.25) is 11.8 Å². The minimum Gasteiger partial charge on any atom is -0.459 e. The maximum Gasteiger partial charge on any atom is 0.246 e. The van der Waals surface area contributed by atoms with E-state index in [1.54, 1.807) is 35.2 Å². The Labute approximate surface area is 175 Å². The molecule has 0 spiro atoms. The summed E-state index contributed by atoms with van der Waals surface area (Å²) in [6.07, 6.45) is 6.19. The Morgan fingerprint density at radius 1 is 1.30 bits per heavy atom. The molecule has 4 rings (SSSR count). The molecule has 0 unspecified atom stereocenters. The van der Waals surface area contributed by atoms with Crippen LogP contribution in [0.1, 0.15) is 35.8 Å². The van der Waals surface area contributed by atoms with E-state index in [1.807, 2.05) is 44.2 Å². The number of hydrogen-bond acceptors (Lipinski definition) is 4. The molecule has 3 heterocycles. The molecule has 0 radical (unpaired) electrons. The number of fused-ring (bicyclic) bond motifs is 2. The molecule has 154 valence electrons. The van der Waals surface area contributed by atoms with Gasteiger partial charge in [-0.3, -0.25) is 14.5 Å². The van der Waals surface area contributed by atoms with Gasteiger partial charge >= 0.3 is 0 Å². The SMILES string of the molecule is CCN1C(=O)CCc2cc(/C=C/C(=O)N(C)Cc3oc4ccccc4c3C)cnc21. The second-order valence-electron chi connectivity index (χ2n) is 7.56. The highest BCUT2D eigenvalue weighted by atomic mass is 16.3. The number of furan rings is 1. The first kappa shape index (κ1) is 19.9. The third-order valence-corrected chi connectivity index (χ3v) is 5.56. The predicted octanol–water partition coefficient (Wildman–Crippen LogP) is 4.11. The van der Waals surface area contributed by atoms with Gasteiger partial charge in [0, 0.05) is 43.2 Å². The molecule has 6 nitrogen and oxygen atoms in total. The number of para-hydroxylation sites is 1. The van der Waals surface area contributed by atoms with Crippen LogP contribution >= 0.6 is 0 Å². The minimum absolute atomic E-state index is 0.110. The van der Waals surface area contributed by atoms with Gasteiger partial charge < -0.3 is 9.32 Å². The quantitative estimate of drug-likeness (QED) is 0.602. The lowest BCUT2D eigenvalue weighted by atomic mass is 10.0. The Balaban J connectivity index is 1.46. The van der Waals surface area contributed by atoms with E-state index in [4.69, 9.17) is 4.42 Å². The van der Waals surface area contributed by atoms with Gasteiger partial charge in [0.1, 0.15) is 17.2 Å². The van der Waals surface area contributed by atoms with Crippen LogP contribution in [0.3, 0.4) is 0 Å². The molecule has 0 bridgehead atoms. The number of aryl methyl sites for hydroxylation is 2. The average molecular weight is 403 g/mol. The highest BCUT2D eigenvalue weighted by Gasteiger charge is 2.24. The Kier molecular flexibility index (Phi) is 5.40. The number of likely N-dealkylation sites (N-methyl/N-ethyl adjacent to an activating group) is 1. The standard InChI is InChI=1S/C24H25N3O3/c1-4-27-23(29)12-10-18-13-17(14-25-24(18)27)9-11-22(28)26(3)15-21-16(2)19-7-5-6-8-20(19)30-21/h5-9,11,13-14H,4,10,12,15H2,1-3H3/b11-9+. The highest BCUT2D eigenvalue weighted by molar-refractivity contribution is 5.95. The van der Waals surface area contributed by atoms with Crippen molar-refractivity contribution in [3.05, 3.63) is 65.1 Å². The summed E-state index contributed by atoms with van der Waals surface area (Å²) in [6, 6.07) is 9.88. The van der Waals surface area contributed by atoms with Crippen LogP contribution in [0, 0.1) is 6.92 Å².